The van der Waals surface area contributed by atoms with Crippen molar-refractivity contribution in [2.45, 2.75) is 19.4 Å². The van der Waals surface area contributed by atoms with Crippen molar-refractivity contribution in [3.63, 3.8) is 0 Å². The van der Waals surface area contributed by atoms with E-state index in [1.807, 2.05) is 37.2 Å². The first kappa shape index (κ1) is 18.4. The summed E-state index contributed by atoms with van der Waals surface area (Å²) in [4.78, 5) is 24.8. The summed E-state index contributed by atoms with van der Waals surface area (Å²) in [6.45, 7) is 2.27. The van der Waals surface area contributed by atoms with Crippen molar-refractivity contribution in [3.05, 3.63) is 42.1 Å². The fourth-order valence-corrected chi connectivity index (χ4v) is 3.41. The van der Waals surface area contributed by atoms with Gasteiger partial charge in [-0.05, 0) is 19.1 Å². The van der Waals surface area contributed by atoms with Crippen LogP contribution in [-0.4, -0.2) is 53.0 Å². The van der Waals surface area contributed by atoms with Crippen molar-refractivity contribution in [1.82, 2.24) is 30.8 Å². The molecule has 2 aliphatic rings. The van der Waals surface area contributed by atoms with E-state index in [0.29, 0.717) is 18.1 Å². The minimum atomic E-state index is -0.574. The number of nitrogens with one attached hydrogen (secondary N) is 4. The maximum atomic E-state index is 12.4. The van der Waals surface area contributed by atoms with E-state index < -0.39 is 6.29 Å². The first-order chi connectivity index (χ1) is 13.5. The topological polar surface area (TPSA) is 113 Å². The number of para-hydroxylation sites is 1. The molecule has 1 aromatic heterocycles. The molecule has 4 rings (SSSR count). The Balaban J connectivity index is 1.45. The number of carbonyl (C=O) groups excluding carboxylic acids is 2. The van der Waals surface area contributed by atoms with E-state index in [1.54, 1.807) is 22.9 Å². The van der Waals surface area contributed by atoms with E-state index in [1.165, 1.54) is 0 Å². The Morgan fingerprint density at radius 2 is 2.14 bits per heavy atom. The number of aryl methyl sites for hydroxylation is 1. The maximum Gasteiger partial charge on any atom is 0.263 e. The number of benzene rings is 1. The standard InChI is InChI=1S/C18H23N7O3/c1-11-8-14(20-15(26)10-28-12-6-4-3-5-7-12)25(23-11)18-21-16-13(17(27)22-18)9-19-24(16)2/h3-8,13,16,18-19,21H,9-10H2,1-2H3,(H,20,26)(H,22,27). The van der Waals surface area contributed by atoms with Gasteiger partial charge in [-0.3, -0.25) is 20.3 Å². The predicted molar refractivity (Wildman–Crippen MR) is 101 cm³/mol. The van der Waals surface area contributed by atoms with Crippen LogP contribution < -0.4 is 26.1 Å². The predicted octanol–water partition coefficient (Wildman–Crippen LogP) is -0.223. The smallest absolute Gasteiger partial charge is 0.263 e. The zero-order valence-electron chi connectivity index (χ0n) is 15.7. The summed E-state index contributed by atoms with van der Waals surface area (Å²) in [6.07, 6.45) is -0.733. The van der Waals surface area contributed by atoms with Gasteiger partial charge in [0.05, 0.1) is 17.8 Å². The highest BCUT2D eigenvalue weighted by atomic mass is 16.5. The summed E-state index contributed by atoms with van der Waals surface area (Å²) >= 11 is 0. The SMILES string of the molecule is Cc1cc(NC(=O)COc2ccccc2)n(C2NC(=O)C3CNN(C)C3N2)n1. The van der Waals surface area contributed by atoms with Gasteiger partial charge >= 0.3 is 0 Å². The zero-order chi connectivity index (χ0) is 19.7. The number of fused-ring (bicyclic) bond motifs is 1. The van der Waals surface area contributed by atoms with Gasteiger partial charge in [0.25, 0.3) is 5.91 Å². The van der Waals surface area contributed by atoms with Crippen molar-refractivity contribution >= 4 is 17.6 Å². The molecule has 2 aliphatic heterocycles. The fourth-order valence-electron chi connectivity index (χ4n) is 3.41. The molecule has 0 saturated carbocycles. The average Bonchev–Trinajstić information content (AvgIpc) is 3.24. The van der Waals surface area contributed by atoms with E-state index in [-0.39, 0.29) is 30.5 Å². The second-order valence-electron chi connectivity index (χ2n) is 6.87. The molecule has 10 heteroatoms. The minimum absolute atomic E-state index is 0.0663. The second kappa shape index (κ2) is 7.58. The van der Waals surface area contributed by atoms with Gasteiger partial charge in [-0.1, -0.05) is 18.2 Å². The monoisotopic (exact) mass is 385 g/mol. The molecule has 3 atom stereocenters. The Bertz CT molecular complexity index is 869. The number of hydrogen-bond acceptors (Lipinski definition) is 7. The molecule has 148 valence electrons. The first-order valence-corrected chi connectivity index (χ1v) is 9.08. The van der Waals surface area contributed by atoms with E-state index >= 15 is 0 Å². The van der Waals surface area contributed by atoms with Crippen LogP contribution in [0.2, 0.25) is 0 Å². The van der Waals surface area contributed by atoms with Crippen LogP contribution in [0.1, 0.15) is 12.0 Å². The van der Waals surface area contributed by atoms with Crippen molar-refractivity contribution in [2.75, 3.05) is 25.5 Å². The van der Waals surface area contributed by atoms with Crippen LogP contribution in [0.25, 0.3) is 0 Å². The fraction of sp³-hybridized carbons (Fsp3) is 0.389. The van der Waals surface area contributed by atoms with Gasteiger partial charge in [0.1, 0.15) is 11.6 Å². The van der Waals surface area contributed by atoms with Gasteiger partial charge in [-0.15, -0.1) is 0 Å². The number of anilines is 1. The lowest BCUT2D eigenvalue weighted by Crippen LogP contribution is -2.61. The number of ether oxygens (including phenoxy) is 1. The van der Waals surface area contributed by atoms with Crippen molar-refractivity contribution < 1.29 is 14.3 Å². The summed E-state index contributed by atoms with van der Waals surface area (Å²) in [5, 5.41) is 15.4. The number of nitrogens with zero attached hydrogens (tertiary/aromatic N) is 3. The van der Waals surface area contributed by atoms with E-state index in [2.05, 4.69) is 26.5 Å². The molecule has 10 nitrogen and oxygen atoms in total. The Morgan fingerprint density at radius 1 is 1.36 bits per heavy atom. The molecular formula is C18H23N7O3. The minimum Gasteiger partial charge on any atom is -0.484 e. The van der Waals surface area contributed by atoms with Crippen LogP contribution in [-0.2, 0) is 9.59 Å². The van der Waals surface area contributed by atoms with Gasteiger partial charge in [0.15, 0.2) is 12.9 Å². The van der Waals surface area contributed by atoms with E-state index in [4.69, 9.17) is 4.74 Å². The number of carbonyl (C=O) groups is 2. The summed E-state index contributed by atoms with van der Waals surface area (Å²) in [6, 6.07) is 10.9. The van der Waals surface area contributed by atoms with Gasteiger partial charge in [-0.2, -0.15) is 5.10 Å². The molecule has 1 aromatic carbocycles. The normalized spacial score (nSPS) is 24.5. The number of amides is 2. The molecule has 3 unspecified atom stereocenters. The van der Waals surface area contributed by atoms with E-state index in [0.717, 1.165) is 5.69 Å². The van der Waals surface area contributed by atoms with Gasteiger partial charge in [0.2, 0.25) is 5.91 Å². The highest BCUT2D eigenvalue weighted by molar-refractivity contribution is 5.91. The maximum absolute atomic E-state index is 12.4. The van der Waals surface area contributed by atoms with Crippen LogP contribution in [0, 0.1) is 12.8 Å². The highest BCUT2D eigenvalue weighted by Crippen LogP contribution is 2.23. The third-order valence-electron chi connectivity index (χ3n) is 4.79. The Morgan fingerprint density at radius 3 is 2.93 bits per heavy atom. The molecule has 2 aromatic rings. The highest BCUT2D eigenvalue weighted by Gasteiger charge is 2.43. The Labute approximate surface area is 162 Å². The lowest BCUT2D eigenvalue weighted by atomic mass is 10.1. The van der Waals surface area contributed by atoms with Gasteiger partial charge in [0, 0.05) is 19.7 Å². The molecular weight excluding hydrogens is 362 g/mol. The Hall–Kier alpha value is -2.95. The van der Waals surface area contributed by atoms with Crippen LogP contribution in [0.15, 0.2) is 36.4 Å². The van der Waals surface area contributed by atoms with Crippen LogP contribution in [0.4, 0.5) is 5.82 Å². The second-order valence-corrected chi connectivity index (χ2v) is 6.87. The molecule has 0 aliphatic carbocycles. The number of hydrazine groups is 1. The first-order valence-electron chi connectivity index (χ1n) is 9.08. The molecule has 2 amide bonds. The number of rotatable bonds is 5. The molecule has 0 radical (unpaired) electrons. The van der Waals surface area contributed by atoms with E-state index in [9.17, 15) is 9.59 Å². The summed E-state index contributed by atoms with van der Waals surface area (Å²) in [7, 11) is 1.88. The quantitative estimate of drug-likeness (QED) is 0.563. The van der Waals surface area contributed by atoms with Crippen LogP contribution in [0.3, 0.4) is 0 Å². The lowest BCUT2D eigenvalue weighted by Gasteiger charge is -2.35. The van der Waals surface area contributed by atoms with Gasteiger partial charge in [-0.25, -0.2) is 9.69 Å². The van der Waals surface area contributed by atoms with Gasteiger partial charge < -0.3 is 15.4 Å². The molecule has 2 fully saturated rings. The summed E-state index contributed by atoms with van der Waals surface area (Å²) in [5.74, 6) is 0.527. The van der Waals surface area contributed by atoms with Crippen LogP contribution >= 0.6 is 0 Å². The summed E-state index contributed by atoms with van der Waals surface area (Å²) < 4.78 is 7.04. The lowest BCUT2D eigenvalue weighted by molar-refractivity contribution is -0.131. The Kier molecular flexibility index (Phi) is 4.99. The van der Waals surface area contributed by atoms with Crippen molar-refractivity contribution in [1.29, 1.82) is 0 Å². The van der Waals surface area contributed by atoms with Crippen molar-refractivity contribution in [2.24, 2.45) is 5.92 Å². The molecule has 0 spiro atoms. The van der Waals surface area contributed by atoms with Crippen molar-refractivity contribution in [3.8, 4) is 5.75 Å². The van der Waals surface area contributed by atoms with Crippen LogP contribution in [0.5, 0.6) is 5.75 Å². The third-order valence-corrected chi connectivity index (χ3v) is 4.79. The number of hydrogen-bond donors (Lipinski definition) is 4. The molecule has 2 saturated heterocycles. The largest absolute Gasteiger partial charge is 0.484 e. The average molecular weight is 385 g/mol. The number of aromatic nitrogens is 2. The molecule has 3 heterocycles. The third kappa shape index (κ3) is 3.70. The molecule has 28 heavy (non-hydrogen) atoms. The molecule has 4 N–H and O–H groups in total. The summed E-state index contributed by atoms with van der Waals surface area (Å²) in [5.41, 5.74) is 3.86. The molecule has 0 bridgehead atoms. The zero-order valence-corrected chi connectivity index (χ0v) is 15.7.